The lowest BCUT2D eigenvalue weighted by Gasteiger charge is -2.43. The predicted octanol–water partition coefficient (Wildman–Crippen LogP) is 0.127. The highest BCUT2D eigenvalue weighted by Gasteiger charge is 2.37. The fourth-order valence-electron chi connectivity index (χ4n) is 2.84. The Bertz CT molecular complexity index is 301. The van der Waals surface area contributed by atoms with E-state index in [2.05, 4.69) is 5.32 Å². The standard InChI is InChI=1S/C13H24N2O3/c1-13(2)9-15(7-10(8-16)18-13)12(17)11-5-3-4-6-14-11/h10-11,14,16H,3-9H2,1-2H3/t10?,11-/m0/s1. The number of morpholine rings is 1. The Morgan fingerprint density at radius 3 is 2.89 bits per heavy atom. The molecule has 2 atom stereocenters. The highest BCUT2D eigenvalue weighted by Crippen LogP contribution is 2.22. The normalized spacial score (nSPS) is 32.3. The summed E-state index contributed by atoms with van der Waals surface area (Å²) in [5, 5.41) is 12.5. The minimum absolute atomic E-state index is 0.0364. The average Bonchev–Trinajstić information content (AvgIpc) is 2.37. The minimum atomic E-state index is -0.379. The smallest absolute Gasteiger partial charge is 0.239 e. The quantitative estimate of drug-likeness (QED) is 0.737. The van der Waals surface area contributed by atoms with Crippen molar-refractivity contribution in [1.82, 2.24) is 10.2 Å². The molecule has 0 radical (unpaired) electrons. The van der Waals surface area contributed by atoms with Crippen molar-refractivity contribution in [2.75, 3.05) is 26.2 Å². The Morgan fingerprint density at radius 1 is 1.50 bits per heavy atom. The summed E-state index contributed by atoms with van der Waals surface area (Å²) in [5.74, 6) is 0.157. The molecule has 2 aliphatic rings. The molecular formula is C13H24N2O3. The molecule has 18 heavy (non-hydrogen) atoms. The van der Waals surface area contributed by atoms with E-state index in [4.69, 9.17) is 4.74 Å². The highest BCUT2D eigenvalue weighted by atomic mass is 16.5. The van der Waals surface area contributed by atoms with Crippen LogP contribution in [0.25, 0.3) is 0 Å². The second-order valence-corrected chi connectivity index (χ2v) is 5.90. The lowest BCUT2D eigenvalue weighted by Crippen LogP contribution is -2.59. The first kappa shape index (κ1) is 13.8. The predicted molar refractivity (Wildman–Crippen MR) is 68.3 cm³/mol. The van der Waals surface area contributed by atoms with Crippen LogP contribution in [0.3, 0.4) is 0 Å². The summed E-state index contributed by atoms with van der Waals surface area (Å²) in [5.41, 5.74) is -0.379. The van der Waals surface area contributed by atoms with E-state index in [0.29, 0.717) is 13.1 Å². The molecule has 0 aromatic heterocycles. The molecule has 1 unspecified atom stereocenters. The van der Waals surface area contributed by atoms with Crippen LogP contribution in [0.15, 0.2) is 0 Å². The van der Waals surface area contributed by atoms with E-state index in [1.807, 2.05) is 18.7 Å². The van der Waals surface area contributed by atoms with Gasteiger partial charge in [0.1, 0.15) is 0 Å². The third-order valence-electron chi connectivity index (χ3n) is 3.61. The molecule has 104 valence electrons. The van der Waals surface area contributed by atoms with E-state index >= 15 is 0 Å². The number of hydrogen-bond donors (Lipinski definition) is 2. The molecule has 0 aliphatic carbocycles. The molecule has 0 spiro atoms. The largest absolute Gasteiger partial charge is 0.394 e. The van der Waals surface area contributed by atoms with Crippen molar-refractivity contribution in [3.8, 4) is 0 Å². The minimum Gasteiger partial charge on any atom is -0.394 e. The van der Waals surface area contributed by atoms with Gasteiger partial charge < -0.3 is 20.1 Å². The molecule has 1 amide bonds. The van der Waals surface area contributed by atoms with Crippen molar-refractivity contribution in [3.05, 3.63) is 0 Å². The number of nitrogens with one attached hydrogen (secondary N) is 1. The van der Waals surface area contributed by atoms with Crippen LogP contribution in [0, 0.1) is 0 Å². The van der Waals surface area contributed by atoms with Gasteiger partial charge in [-0.05, 0) is 33.2 Å². The number of amides is 1. The lowest BCUT2D eigenvalue weighted by atomic mass is 10.0. The van der Waals surface area contributed by atoms with Crippen molar-refractivity contribution in [2.24, 2.45) is 0 Å². The number of piperidine rings is 1. The van der Waals surface area contributed by atoms with Crippen molar-refractivity contribution >= 4 is 5.91 Å². The number of aliphatic hydroxyl groups is 1. The maximum absolute atomic E-state index is 12.4. The van der Waals surface area contributed by atoms with Crippen LogP contribution < -0.4 is 5.32 Å². The van der Waals surface area contributed by atoms with Crippen molar-refractivity contribution < 1.29 is 14.6 Å². The fourth-order valence-corrected chi connectivity index (χ4v) is 2.84. The molecule has 0 aromatic carbocycles. The van der Waals surface area contributed by atoms with E-state index in [-0.39, 0.29) is 30.3 Å². The monoisotopic (exact) mass is 256 g/mol. The van der Waals surface area contributed by atoms with Crippen LogP contribution in [0.1, 0.15) is 33.1 Å². The van der Waals surface area contributed by atoms with Crippen LogP contribution in [0.5, 0.6) is 0 Å². The van der Waals surface area contributed by atoms with E-state index in [1.165, 1.54) is 0 Å². The number of hydrogen-bond acceptors (Lipinski definition) is 4. The van der Waals surface area contributed by atoms with Gasteiger partial charge in [0.2, 0.25) is 5.91 Å². The van der Waals surface area contributed by atoms with Crippen LogP contribution in [-0.2, 0) is 9.53 Å². The molecule has 2 fully saturated rings. The van der Waals surface area contributed by atoms with Gasteiger partial charge in [-0.15, -0.1) is 0 Å². The Kier molecular flexibility index (Phi) is 4.25. The third kappa shape index (κ3) is 3.22. The summed E-state index contributed by atoms with van der Waals surface area (Å²) in [6, 6.07) is -0.0491. The van der Waals surface area contributed by atoms with Crippen molar-refractivity contribution in [1.29, 1.82) is 0 Å². The second-order valence-electron chi connectivity index (χ2n) is 5.90. The zero-order valence-electron chi connectivity index (χ0n) is 11.3. The maximum Gasteiger partial charge on any atom is 0.239 e. The van der Waals surface area contributed by atoms with Gasteiger partial charge in [-0.3, -0.25) is 4.79 Å². The van der Waals surface area contributed by atoms with Crippen molar-refractivity contribution in [2.45, 2.75) is 50.9 Å². The summed E-state index contributed by atoms with van der Waals surface area (Å²) >= 11 is 0. The maximum atomic E-state index is 12.4. The SMILES string of the molecule is CC1(C)CN(C(=O)[C@@H]2CCCCN2)CC(CO)O1. The Morgan fingerprint density at radius 2 is 2.28 bits per heavy atom. The number of nitrogens with zero attached hydrogens (tertiary/aromatic N) is 1. The van der Waals surface area contributed by atoms with Crippen LogP contribution in [0.4, 0.5) is 0 Å². The lowest BCUT2D eigenvalue weighted by molar-refractivity contribution is -0.168. The number of carbonyl (C=O) groups excluding carboxylic acids is 1. The zero-order chi connectivity index (χ0) is 13.2. The van der Waals surface area contributed by atoms with Gasteiger partial charge in [0.15, 0.2) is 0 Å². The molecule has 2 heterocycles. The van der Waals surface area contributed by atoms with Crippen LogP contribution in [0.2, 0.25) is 0 Å². The van der Waals surface area contributed by atoms with E-state index in [1.54, 1.807) is 0 Å². The van der Waals surface area contributed by atoms with Gasteiger partial charge in [0, 0.05) is 13.1 Å². The summed E-state index contributed by atoms with van der Waals surface area (Å²) in [7, 11) is 0. The Balaban J connectivity index is 1.99. The van der Waals surface area contributed by atoms with Crippen molar-refractivity contribution in [3.63, 3.8) is 0 Å². The number of aliphatic hydroxyl groups excluding tert-OH is 1. The van der Waals surface area contributed by atoms with Gasteiger partial charge in [-0.1, -0.05) is 6.42 Å². The van der Waals surface area contributed by atoms with Crippen LogP contribution >= 0.6 is 0 Å². The van der Waals surface area contributed by atoms with Gasteiger partial charge in [0.05, 0.1) is 24.4 Å². The van der Waals surface area contributed by atoms with E-state index in [0.717, 1.165) is 25.8 Å². The molecule has 2 rings (SSSR count). The average molecular weight is 256 g/mol. The van der Waals surface area contributed by atoms with Gasteiger partial charge in [-0.25, -0.2) is 0 Å². The molecule has 5 heteroatoms. The van der Waals surface area contributed by atoms with Gasteiger partial charge >= 0.3 is 0 Å². The number of rotatable bonds is 2. The molecule has 2 saturated heterocycles. The van der Waals surface area contributed by atoms with E-state index in [9.17, 15) is 9.90 Å². The van der Waals surface area contributed by atoms with Gasteiger partial charge in [0.25, 0.3) is 0 Å². The summed E-state index contributed by atoms with van der Waals surface area (Å²) < 4.78 is 5.73. The molecule has 2 aliphatic heterocycles. The summed E-state index contributed by atoms with van der Waals surface area (Å²) in [6.45, 7) is 5.91. The highest BCUT2D eigenvalue weighted by molar-refractivity contribution is 5.82. The third-order valence-corrected chi connectivity index (χ3v) is 3.61. The fraction of sp³-hybridized carbons (Fsp3) is 0.923. The summed E-state index contributed by atoms with van der Waals surface area (Å²) in [4.78, 5) is 14.3. The molecule has 0 bridgehead atoms. The Hall–Kier alpha value is -0.650. The molecule has 5 nitrogen and oxygen atoms in total. The topological polar surface area (TPSA) is 61.8 Å². The van der Waals surface area contributed by atoms with E-state index < -0.39 is 0 Å². The molecule has 0 aromatic rings. The second kappa shape index (κ2) is 5.55. The van der Waals surface area contributed by atoms with Crippen LogP contribution in [-0.4, -0.2) is 59.9 Å². The zero-order valence-corrected chi connectivity index (χ0v) is 11.3. The summed E-state index contributed by atoms with van der Waals surface area (Å²) in [6.07, 6.45) is 2.92. The first-order chi connectivity index (χ1) is 8.52. The number of carbonyl (C=O) groups is 1. The molecular weight excluding hydrogens is 232 g/mol. The van der Waals surface area contributed by atoms with Gasteiger partial charge in [-0.2, -0.15) is 0 Å². The number of ether oxygens (including phenoxy) is 1. The first-order valence-electron chi connectivity index (χ1n) is 6.83. The molecule has 0 saturated carbocycles. The molecule has 2 N–H and O–H groups in total. The Labute approximate surface area is 108 Å². The first-order valence-corrected chi connectivity index (χ1v) is 6.83.